The number of para-hydroxylation sites is 2. The summed E-state index contributed by atoms with van der Waals surface area (Å²) in [6.07, 6.45) is -5.66. The Hall–Kier alpha value is -2.95. The summed E-state index contributed by atoms with van der Waals surface area (Å²) in [4.78, 5) is 25.3. The Morgan fingerprint density at radius 3 is 2.75 bits per heavy atom. The number of carbonyl (C=O) groups excluding carboxylic acids is 2. The molecule has 2 aromatic rings. The van der Waals surface area contributed by atoms with Gasteiger partial charge in [0.2, 0.25) is 23.6 Å². The van der Waals surface area contributed by atoms with E-state index in [2.05, 4.69) is 20.8 Å². The molecule has 2 unspecified atom stereocenters. The SMILES string of the molecule is Cc1nnc(C(C)NCC(=O)N2c3ccccc3NC(=O)CC2C(F)(F)F)o1. The zero-order chi connectivity index (χ0) is 20.5. The van der Waals surface area contributed by atoms with Gasteiger partial charge in [0.15, 0.2) is 0 Å². The van der Waals surface area contributed by atoms with E-state index < -0.39 is 43.0 Å². The standard InChI is InChI=1S/C17H18F3N5O3/c1-9(16-24-23-10(2)28-16)21-8-15(27)25-12-6-4-3-5-11(12)22-14(26)7-13(25)17(18,19)20/h3-6,9,13,21H,7-8H2,1-2H3,(H,22,26). The van der Waals surface area contributed by atoms with E-state index in [4.69, 9.17) is 4.42 Å². The van der Waals surface area contributed by atoms with E-state index in [-0.39, 0.29) is 17.3 Å². The highest BCUT2D eigenvalue weighted by Crippen LogP contribution is 2.37. The molecule has 2 N–H and O–H groups in total. The first-order valence-corrected chi connectivity index (χ1v) is 8.48. The van der Waals surface area contributed by atoms with Crippen LogP contribution >= 0.6 is 0 Å². The highest BCUT2D eigenvalue weighted by molar-refractivity contribution is 6.05. The number of rotatable bonds is 4. The number of carbonyl (C=O) groups is 2. The highest BCUT2D eigenvalue weighted by Gasteiger charge is 2.48. The fourth-order valence-corrected chi connectivity index (χ4v) is 2.90. The number of benzene rings is 1. The lowest BCUT2D eigenvalue weighted by atomic mass is 10.1. The van der Waals surface area contributed by atoms with Crippen LogP contribution in [0.25, 0.3) is 0 Å². The van der Waals surface area contributed by atoms with Gasteiger partial charge in [0.25, 0.3) is 0 Å². The van der Waals surface area contributed by atoms with Gasteiger partial charge in [0.1, 0.15) is 6.04 Å². The van der Waals surface area contributed by atoms with Crippen molar-refractivity contribution < 1.29 is 27.2 Å². The number of aromatic nitrogens is 2. The number of hydrogen-bond acceptors (Lipinski definition) is 6. The first-order chi connectivity index (χ1) is 13.2. The van der Waals surface area contributed by atoms with Crippen LogP contribution in [0.2, 0.25) is 0 Å². The van der Waals surface area contributed by atoms with Gasteiger partial charge < -0.3 is 9.73 Å². The van der Waals surface area contributed by atoms with E-state index >= 15 is 0 Å². The number of nitrogens with one attached hydrogen (secondary N) is 2. The van der Waals surface area contributed by atoms with Crippen LogP contribution in [0.15, 0.2) is 28.7 Å². The molecule has 0 saturated heterocycles. The molecule has 11 heteroatoms. The number of amides is 2. The van der Waals surface area contributed by atoms with Crippen molar-refractivity contribution in [1.29, 1.82) is 0 Å². The first kappa shape index (κ1) is 19.8. The van der Waals surface area contributed by atoms with Crippen molar-refractivity contribution in [3.05, 3.63) is 36.0 Å². The lowest BCUT2D eigenvalue weighted by Gasteiger charge is -2.32. The minimum Gasteiger partial charge on any atom is -0.424 e. The average molecular weight is 397 g/mol. The van der Waals surface area contributed by atoms with E-state index in [0.29, 0.717) is 10.8 Å². The Morgan fingerprint density at radius 1 is 1.39 bits per heavy atom. The zero-order valence-electron chi connectivity index (χ0n) is 15.1. The second-order valence-electron chi connectivity index (χ2n) is 6.35. The van der Waals surface area contributed by atoms with E-state index in [1.807, 2.05) is 0 Å². The van der Waals surface area contributed by atoms with Crippen molar-refractivity contribution in [2.45, 2.75) is 38.5 Å². The van der Waals surface area contributed by atoms with E-state index in [9.17, 15) is 22.8 Å². The van der Waals surface area contributed by atoms with E-state index in [1.54, 1.807) is 19.9 Å². The maximum absolute atomic E-state index is 13.6. The molecule has 3 rings (SSSR count). The molecule has 1 aromatic carbocycles. The quantitative estimate of drug-likeness (QED) is 0.822. The first-order valence-electron chi connectivity index (χ1n) is 8.48. The van der Waals surface area contributed by atoms with Gasteiger partial charge in [-0.25, -0.2) is 0 Å². The van der Waals surface area contributed by atoms with Crippen LogP contribution in [0, 0.1) is 6.92 Å². The maximum atomic E-state index is 13.6. The fraction of sp³-hybridized carbons (Fsp3) is 0.412. The molecule has 0 fully saturated rings. The molecule has 8 nitrogen and oxygen atoms in total. The summed E-state index contributed by atoms with van der Waals surface area (Å²) in [6.45, 7) is 2.82. The summed E-state index contributed by atoms with van der Waals surface area (Å²) in [5.41, 5.74) is 0.136. The molecule has 0 bridgehead atoms. The molecule has 2 atom stereocenters. The molecular formula is C17H18F3N5O3. The van der Waals surface area contributed by atoms with Crippen molar-refractivity contribution in [1.82, 2.24) is 15.5 Å². The largest absolute Gasteiger partial charge is 0.424 e. The second kappa shape index (κ2) is 7.58. The molecule has 28 heavy (non-hydrogen) atoms. The normalized spacial score (nSPS) is 18.2. The maximum Gasteiger partial charge on any atom is 0.409 e. The van der Waals surface area contributed by atoms with E-state index in [1.165, 1.54) is 18.2 Å². The predicted octanol–water partition coefficient (Wildman–Crippen LogP) is 2.33. The predicted molar refractivity (Wildman–Crippen MR) is 92.5 cm³/mol. The molecule has 0 spiro atoms. The number of halogens is 3. The number of anilines is 2. The summed E-state index contributed by atoms with van der Waals surface area (Å²) < 4.78 is 46.2. The van der Waals surface area contributed by atoms with Crippen molar-refractivity contribution in [2.24, 2.45) is 0 Å². The van der Waals surface area contributed by atoms with Gasteiger partial charge in [-0.2, -0.15) is 13.2 Å². The number of fused-ring (bicyclic) bond motifs is 1. The van der Waals surface area contributed by atoms with Gasteiger partial charge in [-0.15, -0.1) is 10.2 Å². The van der Waals surface area contributed by atoms with Crippen LogP contribution in [-0.4, -0.2) is 40.8 Å². The van der Waals surface area contributed by atoms with Gasteiger partial charge in [0, 0.05) is 6.92 Å². The molecule has 0 saturated carbocycles. The van der Waals surface area contributed by atoms with Crippen molar-refractivity contribution >= 4 is 23.2 Å². The topological polar surface area (TPSA) is 100 Å². The van der Waals surface area contributed by atoms with Gasteiger partial charge in [-0.05, 0) is 19.1 Å². The number of nitrogens with zero attached hydrogens (tertiary/aromatic N) is 3. The van der Waals surface area contributed by atoms with Gasteiger partial charge in [0.05, 0.1) is 30.4 Å². The number of aryl methyl sites for hydroxylation is 1. The third-order valence-corrected chi connectivity index (χ3v) is 4.25. The molecule has 1 aromatic heterocycles. The van der Waals surface area contributed by atoms with Crippen LogP contribution in [0.3, 0.4) is 0 Å². The molecule has 150 valence electrons. The Kier molecular flexibility index (Phi) is 5.36. The Morgan fingerprint density at radius 2 is 2.11 bits per heavy atom. The minimum absolute atomic E-state index is 0.0104. The molecule has 2 heterocycles. The third kappa shape index (κ3) is 4.14. The number of hydrogen-bond donors (Lipinski definition) is 2. The third-order valence-electron chi connectivity index (χ3n) is 4.25. The van der Waals surface area contributed by atoms with Crippen LogP contribution in [0.4, 0.5) is 24.5 Å². The summed E-state index contributed by atoms with van der Waals surface area (Å²) >= 11 is 0. The molecule has 2 amide bonds. The summed E-state index contributed by atoms with van der Waals surface area (Å²) in [5, 5.41) is 12.7. The van der Waals surface area contributed by atoms with Crippen molar-refractivity contribution in [3.63, 3.8) is 0 Å². The van der Waals surface area contributed by atoms with Gasteiger partial charge >= 0.3 is 6.18 Å². The molecule has 1 aliphatic rings. The van der Waals surface area contributed by atoms with Crippen LogP contribution in [-0.2, 0) is 9.59 Å². The van der Waals surface area contributed by atoms with Crippen LogP contribution in [0.5, 0.6) is 0 Å². The van der Waals surface area contributed by atoms with E-state index in [0.717, 1.165) is 0 Å². The summed E-state index contributed by atoms with van der Waals surface area (Å²) in [7, 11) is 0. The highest BCUT2D eigenvalue weighted by atomic mass is 19.4. The lowest BCUT2D eigenvalue weighted by molar-refractivity contribution is -0.157. The fourth-order valence-electron chi connectivity index (χ4n) is 2.90. The molecular weight excluding hydrogens is 379 g/mol. The molecule has 0 radical (unpaired) electrons. The average Bonchev–Trinajstić information content (AvgIpc) is 2.99. The Balaban J connectivity index is 1.86. The van der Waals surface area contributed by atoms with Gasteiger partial charge in [-0.3, -0.25) is 19.8 Å². The molecule has 1 aliphatic heterocycles. The summed E-state index contributed by atoms with van der Waals surface area (Å²) in [6, 6.07) is 3.06. The Bertz CT molecular complexity index is 883. The smallest absolute Gasteiger partial charge is 0.409 e. The second-order valence-corrected chi connectivity index (χ2v) is 6.35. The van der Waals surface area contributed by atoms with Crippen molar-refractivity contribution in [3.8, 4) is 0 Å². The molecule has 0 aliphatic carbocycles. The minimum atomic E-state index is -4.78. The van der Waals surface area contributed by atoms with Gasteiger partial charge in [-0.1, -0.05) is 12.1 Å². The van der Waals surface area contributed by atoms with Crippen LogP contribution < -0.4 is 15.5 Å². The summed E-state index contributed by atoms with van der Waals surface area (Å²) in [5.74, 6) is -1.11. The number of alkyl halides is 3. The lowest BCUT2D eigenvalue weighted by Crippen LogP contribution is -2.52. The Labute approximate surface area is 158 Å². The van der Waals surface area contributed by atoms with Crippen LogP contribution in [0.1, 0.15) is 31.2 Å². The zero-order valence-corrected chi connectivity index (χ0v) is 15.1. The monoisotopic (exact) mass is 397 g/mol. The van der Waals surface area contributed by atoms with Crippen molar-refractivity contribution in [2.75, 3.05) is 16.8 Å².